The molecule has 10 nitrogen and oxygen atoms in total. The number of furan rings is 1. The van der Waals surface area contributed by atoms with Crippen LogP contribution in [0.15, 0.2) is 59.0 Å². The van der Waals surface area contributed by atoms with Crippen molar-refractivity contribution in [2.75, 3.05) is 5.32 Å². The monoisotopic (exact) mass is 417 g/mol. The van der Waals surface area contributed by atoms with Crippen LogP contribution in [-0.2, 0) is 6.61 Å². The van der Waals surface area contributed by atoms with Crippen LogP contribution in [0.4, 0.5) is 17.1 Å². The van der Waals surface area contributed by atoms with Gasteiger partial charge in [0.1, 0.15) is 23.8 Å². The third-order valence-electron chi connectivity index (χ3n) is 3.73. The fraction of sp³-hybridized carbons (Fsp3) is 0.0556. The largest absolute Gasteiger partial charge is 0.484 e. The predicted octanol–water partition coefficient (Wildman–Crippen LogP) is 4.58. The summed E-state index contributed by atoms with van der Waals surface area (Å²) in [7, 11) is 0. The Hall–Kier alpha value is -3.92. The molecule has 0 unspecified atom stereocenters. The van der Waals surface area contributed by atoms with Gasteiger partial charge in [0.15, 0.2) is 5.76 Å². The molecular formula is C18H12ClN3O7. The zero-order valence-electron chi connectivity index (χ0n) is 14.5. The number of carbonyl (C=O) groups is 1. The molecule has 0 aliphatic rings. The normalized spacial score (nSPS) is 10.4. The van der Waals surface area contributed by atoms with E-state index >= 15 is 0 Å². The van der Waals surface area contributed by atoms with Crippen LogP contribution in [0.2, 0.25) is 5.02 Å². The Kier molecular flexibility index (Phi) is 5.74. The third-order valence-corrected chi connectivity index (χ3v) is 4.03. The number of nitrogens with one attached hydrogen (secondary N) is 1. The molecule has 11 heteroatoms. The number of nitrogens with zero attached hydrogens (tertiary/aromatic N) is 2. The van der Waals surface area contributed by atoms with Crippen molar-refractivity contribution in [1.29, 1.82) is 0 Å². The molecule has 1 aromatic heterocycles. The van der Waals surface area contributed by atoms with Gasteiger partial charge < -0.3 is 14.5 Å². The van der Waals surface area contributed by atoms with E-state index in [2.05, 4.69) is 5.32 Å². The summed E-state index contributed by atoms with van der Waals surface area (Å²) < 4.78 is 10.8. The number of halogens is 1. The molecule has 0 spiro atoms. The first-order valence-corrected chi connectivity index (χ1v) is 8.43. The highest BCUT2D eigenvalue weighted by Gasteiger charge is 2.18. The molecule has 1 N–H and O–H groups in total. The quantitative estimate of drug-likeness (QED) is 0.438. The van der Waals surface area contributed by atoms with Gasteiger partial charge in [-0.15, -0.1) is 0 Å². The average Bonchev–Trinajstić information content (AvgIpc) is 3.16. The molecule has 0 atom stereocenters. The minimum atomic E-state index is -0.668. The number of carbonyl (C=O) groups excluding carboxylic acids is 1. The molecule has 29 heavy (non-hydrogen) atoms. The van der Waals surface area contributed by atoms with Crippen molar-refractivity contribution >= 4 is 34.6 Å². The number of para-hydroxylation sites is 2. The number of benzene rings is 2. The van der Waals surface area contributed by atoms with Gasteiger partial charge in [-0.1, -0.05) is 23.7 Å². The second-order valence-corrected chi connectivity index (χ2v) is 6.06. The van der Waals surface area contributed by atoms with E-state index in [-0.39, 0.29) is 46.0 Å². The first kappa shape index (κ1) is 19.8. The van der Waals surface area contributed by atoms with Crippen molar-refractivity contribution in [3.05, 3.63) is 91.4 Å². The number of amides is 1. The summed E-state index contributed by atoms with van der Waals surface area (Å²) in [6.07, 6.45) is 0. The number of hydrogen-bond acceptors (Lipinski definition) is 7. The van der Waals surface area contributed by atoms with E-state index in [1.165, 1.54) is 42.5 Å². The van der Waals surface area contributed by atoms with Crippen LogP contribution in [-0.4, -0.2) is 15.8 Å². The summed E-state index contributed by atoms with van der Waals surface area (Å²) in [5.41, 5.74) is -0.382. The summed E-state index contributed by atoms with van der Waals surface area (Å²) >= 11 is 5.95. The van der Waals surface area contributed by atoms with Gasteiger partial charge in [-0.2, -0.15) is 0 Å². The molecular weight excluding hydrogens is 406 g/mol. The highest BCUT2D eigenvalue weighted by atomic mass is 35.5. The van der Waals surface area contributed by atoms with Gasteiger partial charge in [0.05, 0.1) is 14.9 Å². The van der Waals surface area contributed by atoms with E-state index in [9.17, 15) is 25.0 Å². The van der Waals surface area contributed by atoms with Gasteiger partial charge in [0.2, 0.25) is 0 Å². The Balaban J connectivity index is 1.66. The first-order chi connectivity index (χ1) is 13.8. The summed E-state index contributed by atoms with van der Waals surface area (Å²) in [4.78, 5) is 32.8. The Labute approximate surface area is 168 Å². The van der Waals surface area contributed by atoms with Crippen molar-refractivity contribution < 1.29 is 23.8 Å². The molecule has 0 aliphatic heterocycles. The number of ether oxygens (including phenoxy) is 1. The molecule has 1 heterocycles. The molecule has 0 aliphatic carbocycles. The second kappa shape index (κ2) is 8.40. The fourth-order valence-electron chi connectivity index (χ4n) is 2.37. The maximum absolute atomic E-state index is 12.3. The Morgan fingerprint density at radius 2 is 1.83 bits per heavy atom. The smallest absolute Gasteiger partial charge is 0.292 e. The summed E-state index contributed by atoms with van der Waals surface area (Å²) in [5, 5.41) is 24.2. The lowest BCUT2D eigenvalue weighted by atomic mass is 10.2. The zero-order chi connectivity index (χ0) is 21.0. The van der Waals surface area contributed by atoms with Crippen LogP contribution in [0.5, 0.6) is 5.75 Å². The Morgan fingerprint density at radius 1 is 1.07 bits per heavy atom. The van der Waals surface area contributed by atoms with Crippen LogP contribution in [0.3, 0.4) is 0 Å². The fourth-order valence-corrected chi connectivity index (χ4v) is 2.60. The van der Waals surface area contributed by atoms with Gasteiger partial charge >= 0.3 is 0 Å². The lowest BCUT2D eigenvalue weighted by Gasteiger charge is -2.06. The molecule has 0 saturated heterocycles. The number of rotatable bonds is 7. The lowest BCUT2D eigenvalue weighted by Crippen LogP contribution is -2.12. The first-order valence-electron chi connectivity index (χ1n) is 8.05. The summed E-state index contributed by atoms with van der Waals surface area (Å²) in [6, 6.07) is 12.3. The van der Waals surface area contributed by atoms with Crippen molar-refractivity contribution in [1.82, 2.24) is 0 Å². The maximum atomic E-state index is 12.3. The number of anilines is 1. The molecule has 2 aromatic carbocycles. The molecule has 1 amide bonds. The minimum Gasteiger partial charge on any atom is -0.484 e. The Morgan fingerprint density at radius 3 is 2.52 bits per heavy atom. The van der Waals surface area contributed by atoms with Crippen molar-refractivity contribution in [3.8, 4) is 5.75 Å². The van der Waals surface area contributed by atoms with Crippen LogP contribution < -0.4 is 10.1 Å². The second-order valence-electron chi connectivity index (χ2n) is 5.65. The molecule has 0 bridgehead atoms. The number of nitro benzene ring substituents is 2. The van der Waals surface area contributed by atoms with Crippen LogP contribution in [0, 0.1) is 20.2 Å². The van der Waals surface area contributed by atoms with E-state index in [1.807, 2.05) is 0 Å². The summed E-state index contributed by atoms with van der Waals surface area (Å²) in [5.74, 6) is -0.248. The van der Waals surface area contributed by atoms with E-state index in [0.717, 1.165) is 6.07 Å². The highest BCUT2D eigenvalue weighted by molar-refractivity contribution is 6.32. The summed E-state index contributed by atoms with van der Waals surface area (Å²) in [6.45, 7) is -0.0870. The number of hydrogen-bond donors (Lipinski definition) is 1. The van der Waals surface area contributed by atoms with Crippen LogP contribution in [0.1, 0.15) is 16.3 Å². The van der Waals surface area contributed by atoms with Crippen LogP contribution >= 0.6 is 11.6 Å². The standard InChI is InChI=1S/C18H12ClN3O7/c19-13-9-11(21(24)25)5-7-16(13)28-10-12-6-8-17(29-12)18(23)20-14-3-1-2-4-15(14)22(26)27/h1-9H,10H2,(H,20,23). The van der Waals surface area contributed by atoms with Gasteiger partial charge in [0, 0.05) is 18.2 Å². The number of nitro groups is 2. The molecule has 0 saturated carbocycles. The molecule has 148 valence electrons. The molecule has 0 radical (unpaired) electrons. The van der Waals surface area contributed by atoms with Crippen molar-refractivity contribution in [2.24, 2.45) is 0 Å². The lowest BCUT2D eigenvalue weighted by molar-refractivity contribution is -0.384. The molecule has 3 rings (SSSR count). The number of non-ortho nitro benzene ring substituents is 1. The maximum Gasteiger partial charge on any atom is 0.292 e. The molecule has 3 aromatic rings. The van der Waals surface area contributed by atoms with E-state index in [1.54, 1.807) is 6.07 Å². The van der Waals surface area contributed by atoms with E-state index in [4.69, 9.17) is 20.8 Å². The van der Waals surface area contributed by atoms with Gasteiger partial charge in [-0.25, -0.2) is 0 Å². The van der Waals surface area contributed by atoms with Crippen molar-refractivity contribution in [2.45, 2.75) is 6.61 Å². The van der Waals surface area contributed by atoms with E-state index in [0.29, 0.717) is 0 Å². The van der Waals surface area contributed by atoms with E-state index < -0.39 is 15.8 Å². The van der Waals surface area contributed by atoms with Gasteiger partial charge in [0.25, 0.3) is 17.3 Å². The predicted molar refractivity (Wildman–Crippen MR) is 102 cm³/mol. The Bertz CT molecular complexity index is 1100. The van der Waals surface area contributed by atoms with Gasteiger partial charge in [-0.3, -0.25) is 25.0 Å². The minimum absolute atomic E-state index is 0.0364. The SMILES string of the molecule is O=C(Nc1ccccc1[N+](=O)[O-])c1ccc(COc2ccc([N+](=O)[O-])cc2Cl)o1. The van der Waals surface area contributed by atoms with Crippen molar-refractivity contribution in [3.63, 3.8) is 0 Å². The third kappa shape index (κ3) is 4.68. The zero-order valence-corrected chi connectivity index (χ0v) is 15.3. The topological polar surface area (TPSA) is 138 Å². The van der Waals surface area contributed by atoms with Gasteiger partial charge in [-0.05, 0) is 24.3 Å². The van der Waals surface area contributed by atoms with Crippen LogP contribution in [0.25, 0.3) is 0 Å². The highest BCUT2D eigenvalue weighted by Crippen LogP contribution is 2.29. The molecule has 0 fully saturated rings. The average molecular weight is 418 g/mol.